The van der Waals surface area contributed by atoms with Gasteiger partial charge in [-0.25, -0.2) is 0 Å². The highest BCUT2D eigenvalue weighted by atomic mass is 14.9. The second-order valence-corrected chi connectivity index (χ2v) is 6.21. The van der Waals surface area contributed by atoms with Crippen LogP contribution >= 0.6 is 0 Å². The van der Waals surface area contributed by atoms with Gasteiger partial charge >= 0.3 is 0 Å². The predicted molar refractivity (Wildman–Crippen MR) is 87.4 cm³/mol. The molecule has 1 aliphatic heterocycles. The summed E-state index contributed by atoms with van der Waals surface area (Å²) in [6, 6.07) is 17.4. The van der Waals surface area contributed by atoms with Crippen molar-refractivity contribution in [3.05, 3.63) is 70.9 Å². The maximum atomic E-state index is 4.96. The molecule has 105 valence electrons. The van der Waals surface area contributed by atoms with Gasteiger partial charge in [0.25, 0.3) is 0 Å². The molecule has 0 saturated heterocycles. The van der Waals surface area contributed by atoms with Crippen molar-refractivity contribution in [3.63, 3.8) is 0 Å². The SMILES string of the molecule is Cc1ccccc1CC1CCCC2=C1[N]c1ccccc12. The lowest BCUT2D eigenvalue weighted by Crippen LogP contribution is -2.16. The van der Waals surface area contributed by atoms with Gasteiger partial charge in [0, 0.05) is 17.2 Å². The molecule has 1 nitrogen and oxygen atoms in total. The van der Waals surface area contributed by atoms with Crippen LogP contribution in [0.5, 0.6) is 0 Å². The second-order valence-electron chi connectivity index (χ2n) is 6.21. The van der Waals surface area contributed by atoms with Gasteiger partial charge in [0.15, 0.2) is 0 Å². The van der Waals surface area contributed by atoms with Gasteiger partial charge in [-0.15, -0.1) is 0 Å². The quantitative estimate of drug-likeness (QED) is 0.732. The Morgan fingerprint density at radius 1 is 1.05 bits per heavy atom. The number of aryl methyl sites for hydroxylation is 1. The van der Waals surface area contributed by atoms with E-state index in [1.54, 1.807) is 0 Å². The standard InChI is InChI=1S/C20H20N/c1-14-7-2-3-8-15(14)13-16-9-6-11-18-17-10-4-5-12-19(17)21-20(16)18/h2-5,7-8,10,12,16H,6,9,11,13H2,1H3. The zero-order chi connectivity index (χ0) is 14.2. The Morgan fingerprint density at radius 3 is 2.76 bits per heavy atom. The van der Waals surface area contributed by atoms with Crippen LogP contribution in [-0.2, 0) is 6.42 Å². The zero-order valence-corrected chi connectivity index (χ0v) is 12.5. The van der Waals surface area contributed by atoms with Crippen molar-refractivity contribution in [2.75, 3.05) is 0 Å². The van der Waals surface area contributed by atoms with Gasteiger partial charge in [-0.1, -0.05) is 42.5 Å². The Bertz CT molecular complexity index is 711. The Balaban J connectivity index is 1.67. The topological polar surface area (TPSA) is 14.1 Å². The van der Waals surface area contributed by atoms with Gasteiger partial charge in [-0.2, -0.15) is 0 Å². The molecule has 1 heteroatoms. The number of hydrogen-bond acceptors (Lipinski definition) is 0. The van der Waals surface area contributed by atoms with Crippen LogP contribution in [0.15, 0.2) is 54.2 Å². The molecule has 1 aliphatic carbocycles. The number of fused-ring (bicyclic) bond motifs is 2. The fraction of sp³-hybridized carbons (Fsp3) is 0.300. The van der Waals surface area contributed by atoms with E-state index in [-0.39, 0.29) is 0 Å². The monoisotopic (exact) mass is 274 g/mol. The minimum Gasteiger partial charge on any atom is -0.252 e. The van der Waals surface area contributed by atoms with Gasteiger partial charge in [0.2, 0.25) is 0 Å². The molecular weight excluding hydrogens is 254 g/mol. The summed E-state index contributed by atoms with van der Waals surface area (Å²) in [6.45, 7) is 2.22. The van der Waals surface area contributed by atoms with Gasteiger partial charge < -0.3 is 0 Å². The van der Waals surface area contributed by atoms with Crippen molar-refractivity contribution in [1.29, 1.82) is 0 Å². The first kappa shape index (κ1) is 12.7. The Hall–Kier alpha value is -2.02. The molecule has 2 aliphatic rings. The van der Waals surface area contributed by atoms with E-state index < -0.39 is 0 Å². The number of nitrogens with zero attached hydrogens (tertiary/aromatic N) is 1. The molecule has 0 saturated carbocycles. The van der Waals surface area contributed by atoms with Gasteiger partial charge in [-0.3, -0.25) is 5.32 Å². The Kier molecular flexibility index (Phi) is 3.07. The second kappa shape index (κ2) is 5.07. The van der Waals surface area contributed by atoms with Crippen LogP contribution in [0.1, 0.15) is 36.0 Å². The van der Waals surface area contributed by atoms with E-state index in [1.165, 1.54) is 52.9 Å². The van der Waals surface area contributed by atoms with Crippen LogP contribution in [0.3, 0.4) is 0 Å². The van der Waals surface area contributed by atoms with E-state index in [2.05, 4.69) is 55.5 Å². The first-order valence-electron chi connectivity index (χ1n) is 7.91. The van der Waals surface area contributed by atoms with Crippen LogP contribution in [-0.4, -0.2) is 0 Å². The molecule has 21 heavy (non-hydrogen) atoms. The third kappa shape index (κ3) is 2.17. The minimum absolute atomic E-state index is 0.585. The fourth-order valence-electron chi connectivity index (χ4n) is 3.73. The van der Waals surface area contributed by atoms with Crippen molar-refractivity contribution in [2.24, 2.45) is 5.92 Å². The van der Waals surface area contributed by atoms with E-state index in [0.29, 0.717) is 5.92 Å². The minimum atomic E-state index is 0.585. The zero-order valence-electron chi connectivity index (χ0n) is 12.5. The third-order valence-electron chi connectivity index (χ3n) is 4.87. The molecule has 1 heterocycles. The summed E-state index contributed by atoms with van der Waals surface area (Å²) in [5.41, 5.74) is 8.31. The van der Waals surface area contributed by atoms with Crippen molar-refractivity contribution < 1.29 is 0 Å². The van der Waals surface area contributed by atoms with E-state index >= 15 is 0 Å². The molecule has 1 radical (unpaired) electrons. The number of hydrogen-bond donors (Lipinski definition) is 0. The van der Waals surface area contributed by atoms with Crippen LogP contribution < -0.4 is 5.32 Å². The molecule has 0 amide bonds. The predicted octanol–water partition coefficient (Wildman–Crippen LogP) is 5.00. The first-order valence-corrected chi connectivity index (χ1v) is 7.91. The van der Waals surface area contributed by atoms with Crippen molar-refractivity contribution in [3.8, 4) is 0 Å². The number of benzene rings is 2. The lowest BCUT2D eigenvalue weighted by molar-refractivity contribution is 0.499. The van der Waals surface area contributed by atoms with Gasteiger partial charge in [0.1, 0.15) is 0 Å². The highest BCUT2D eigenvalue weighted by Crippen LogP contribution is 2.45. The summed E-state index contributed by atoms with van der Waals surface area (Å²) in [6.07, 6.45) is 4.88. The van der Waals surface area contributed by atoms with Crippen LogP contribution in [0.4, 0.5) is 5.69 Å². The van der Waals surface area contributed by atoms with Crippen molar-refractivity contribution in [1.82, 2.24) is 5.32 Å². The van der Waals surface area contributed by atoms with E-state index in [1.807, 2.05) is 0 Å². The van der Waals surface area contributed by atoms with Gasteiger partial charge in [0.05, 0.1) is 5.69 Å². The Morgan fingerprint density at radius 2 is 1.86 bits per heavy atom. The highest BCUT2D eigenvalue weighted by Gasteiger charge is 2.31. The average Bonchev–Trinajstić information content (AvgIpc) is 2.89. The molecule has 0 aromatic heterocycles. The van der Waals surface area contributed by atoms with E-state index in [0.717, 1.165) is 6.42 Å². The normalized spacial score (nSPS) is 20.0. The molecule has 0 fully saturated rings. The maximum absolute atomic E-state index is 4.96. The fourth-order valence-corrected chi connectivity index (χ4v) is 3.73. The summed E-state index contributed by atoms with van der Waals surface area (Å²) >= 11 is 0. The molecule has 1 unspecified atom stereocenters. The first-order chi connectivity index (χ1) is 10.3. The summed E-state index contributed by atoms with van der Waals surface area (Å²) < 4.78 is 0. The molecule has 0 spiro atoms. The molecule has 1 atom stereocenters. The number of allylic oxidation sites excluding steroid dienone is 2. The smallest absolute Gasteiger partial charge is 0.0708 e. The van der Waals surface area contributed by atoms with E-state index in [9.17, 15) is 0 Å². The Labute approximate surface area is 126 Å². The van der Waals surface area contributed by atoms with Crippen molar-refractivity contribution in [2.45, 2.75) is 32.6 Å². The molecule has 4 rings (SSSR count). The third-order valence-corrected chi connectivity index (χ3v) is 4.87. The summed E-state index contributed by atoms with van der Waals surface area (Å²) in [5, 5.41) is 4.96. The van der Waals surface area contributed by atoms with Crippen LogP contribution in [0.25, 0.3) is 5.57 Å². The average molecular weight is 274 g/mol. The molecule has 0 bridgehead atoms. The van der Waals surface area contributed by atoms with Crippen LogP contribution in [0.2, 0.25) is 0 Å². The molecule has 2 aromatic carbocycles. The highest BCUT2D eigenvalue weighted by molar-refractivity contribution is 5.82. The van der Waals surface area contributed by atoms with Gasteiger partial charge in [-0.05, 0) is 55.4 Å². The lowest BCUT2D eigenvalue weighted by atomic mass is 9.82. The molecular formula is C20H20N. The summed E-state index contributed by atoms with van der Waals surface area (Å²) in [5.74, 6) is 0.585. The summed E-state index contributed by atoms with van der Waals surface area (Å²) in [7, 11) is 0. The maximum Gasteiger partial charge on any atom is 0.0708 e. The number of para-hydroxylation sites is 1. The largest absolute Gasteiger partial charge is 0.252 e. The number of rotatable bonds is 2. The lowest BCUT2D eigenvalue weighted by Gasteiger charge is -2.24. The van der Waals surface area contributed by atoms with Crippen molar-refractivity contribution >= 4 is 11.3 Å². The van der Waals surface area contributed by atoms with Crippen LogP contribution in [0, 0.1) is 12.8 Å². The molecule has 2 aromatic rings. The van der Waals surface area contributed by atoms with E-state index in [4.69, 9.17) is 5.32 Å². The molecule has 0 N–H and O–H groups in total. The summed E-state index contributed by atoms with van der Waals surface area (Å²) in [4.78, 5) is 0.